The highest BCUT2D eigenvalue weighted by Gasteiger charge is 2.39. The molecule has 2 aromatic carbocycles. The summed E-state index contributed by atoms with van der Waals surface area (Å²) in [5.74, 6) is -2.41. The van der Waals surface area contributed by atoms with E-state index in [-0.39, 0.29) is 16.8 Å². The van der Waals surface area contributed by atoms with Gasteiger partial charge in [0.1, 0.15) is 5.56 Å². The Balaban J connectivity index is 2.23. The molecule has 1 aliphatic rings. The maximum atomic E-state index is 12.4. The number of carbonyl (C=O) groups is 3. The summed E-state index contributed by atoms with van der Waals surface area (Å²) >= 11 is 0. The van der Waals surface area contributed by atoms with Crippen LogP contribution in [0.25, 0.3) is 0 Å². The number of nitro benzene ring substituents is 1. The second kappa shape index (κ2) is 5.02. The zero-order valence-corrected chi connectivity index (χ0v) is 11.6. The first-order valence-corrected chi connectivity index (χ1v) is 6.48. The lowest BCUT2D eigenvalue weighted by molar-refractivity contribution is -0.385. The normalized spacial score (nSPS) is 13.1. The van der Waals surface area contributed by atoms with Gasteiger partial charge in [-0.1, -0.05) is 18.2 Å². The molecule has 2 aromatic rings. The van der Waals surface area contributed by atoms with Crippen LogP contribution >= 0.6 is 0 Å². The number of fused-ring (bicyclic) bond motifs is 1. The minimum absolute atomic E-state index is 0.166. The smallest absolute Gasteiger partial charge is 0.284 e. The second-order valence-corrected chi connectivity index (χ2v) is 4.78. The number of nitrogens with zero attached hydrogens (tertiary/aromatic N) is 2. The molecule has 0 spiro atoms. The van der Waals surface area contributed by atoms with E-state index >= 15 is 0 Å². The van der Waals surface area contributed by atoms with Crippen molar-refractivity contribution in [3.05, 3.63) is 69.3 Å². The molecule has 2 N–H and O–H groups in total. The summed E-state index contributed by atoms with van der Waals surface area (Å²) in [4.78, 5) is 47.6. The van der Waals surface area contributed by atoms with Gasteiger partial charge >= 0.3 is 0 Å². The zero-order chi connectivity index (χ0) is 16.7. The van der Waals surface area contributed by atoms with Crippen molar-refractivity contribution in [3.63, 3.8) is 0 Å². The Bertz CT molecular complexity index is 855. The average Bonchev–Trinajstić information content (AvgIpc) is 2.78. The van der Waals surface area contributed by atoms with Gasteiger partial charge in [-0.2, -0.15) is 0 Å². The van der Waals surface area contributed by atoms with E-state index in [1.807, 2.05) is 0 Å². The highest BCUT2D eigenvalue weighted by molar-refractivity contribution is 6.35. The number of hydrogen-bond donors (Lipinski definition) is 1. The number of nitrogens with two attached hydrogens (primary N) is 1. The van der Waals surface area contributed by atoms with Crippen molar-refractivity contribution < 1.29 is 19.3 Å². The van der Waals surface area contributed by atoms with Crippen molar-refractivity contribution >= 4 is 29.1 Å². The van der Waals surface area contributed by atoms with Crippen molar-refractivity contribution in [3.8, 4) is 0 Å². The number of anilines is 1. The van der Waals surface area contributed by atoms with Crippen LogP contribution in [-0.2, 0) is 0 Å². The molecule has 0 unspecified atom stereocenters. The van der Waals surface area contributed by atoms with Crippen LogP contribution in [-0.4, -0.2) is 22.6 Å². The third-order valence-corrected chi connectivity index (χ3v) is 3.50. The van der Waals surface area contributed by atoms with E-state index in [1.165, 1.54) is 24.3 Å². The molecule has 0 aliphatic carbocycles. The van der Waals surface area contributed by atoms with Gasteiger partial charge in [0.25, 0.3) is 23.4 Å². The van der Waals surface area contributed by atoms with Gasteiger partial charge in [0.05, 0.1) is 21.7 Å². The third kappa shape index (κ3) is 2.04. The van der Waals surface area contributed by atoms with Gasteiger partial charge in [-0.15, -0.1) is 0 Å². The molecule has 0 fully saturated rings. The Kier molecular flexibility index (Phi) is 3.14. The lowest BCUT2D eigenvalue weighted by Crippen LogP contribution is -2.32. The number of amides is 3. The van der Waals surface area contributed by atoms with Crippen molar-refractivity contribution in [2.75, 3.05) is 4.90 Å². The summed E-state index contributed by atoms with van der Waals surface area (Å²) in [6, 6.07) is 9.76. The maximum Gasteiger partial charge on any atom is 0.284 e. The molecule has 23 heavy (non-hydrogen) atoms. The van der Waals surface area contributed by atoms with Gasteiger partial charge in [0.15, 0.2) is 0 Å². The van der Waals surface area contributed by atoms with E-state index in [0.29, 0.717) is 0 Å². The summed E-state index contributed by atoms with van der Waals surface area (Å²) in [6.07, 6.45) is 0. The van der Waals surface area contributed by atoms with Gasteiger partial charge in [-0.05, 0) is 18.2 Å². The molecule has 8 nitrogen and oxygen atoms in total. The van der Waals surface area contributed by atoms with Crippen LogP contribution in [0, 0.1) is 10.1 Å². The fourth-order valence-electron chi connectivity index (χ4n) is 2.53. The first-order chi connectivity index (χ1) is 10.9. The van der Waals surface area contributed by atoms with Gasteiger partial charge in [-0.3, -0.25) is 24.5 Å². The van der Waals surface area contributed by atoms with Crippen LogP contribution in [0.4, 0.5) is 11.4 Å². The summed E-state index contributed by atoms with van der Waals surface area (Å²) in [5.41, 5.74) is 4.32. The minimum Gasteiger partial charge on any atom is -0.365 e. The Hall–Kier alpha value is -3.55. The summed E-state index contributed by atoms with van der Waals surface area (Å²) in [5, 5.41) is 11.1. The predicted molar refractivity (Wildman–Crippen MR) is 79.2 cm³/mol. The lowest BCUT2D eigenvalue weighted by Gasteiger charge is -2.16. The van der Waals surface area contributed by atoms with Gasteiger partial charge in [0, 0.05) is 6.07 Å². The molecular weight excluding hydrogens is 302 g/mol. The first kappa shape index (κ1) is 14.4. The second-order valence-electron chi connectivity index (χ2n) is 4.78. The molecule has 114 valence electrons. The number of benzene rings is 2. The highest BCUT2D eigenvalue weighted by Crippen LogP contribution is 2.34. The van der Waals surface area contributed by atoms with E-state index in [1.54, 1.807) is 12.1 Å². The summed E-state index contributed by atoms with van der Waals surface area (Å²) < 4.78 is 0. The largest absolute Gasteiger partial charge is 0.365 e. The lowest BCUT2D eigenvalue weighted by atomic mass is 10.1. The van der Waals surface area contributed by atoms with Gasteiger partial charge in [-0.25, -0.2) is 4.90 Å². The Labute approximate surface area is 129 Å². The van der Waals surface area contributed by atoms with Crippen LogP contribution in [0.3, 0.4) is 0 Å². The van der Waals surface area contributed by atoms with Crippen LogP contribution in [0.15, 0.2) is 42.5 Å². The standard InChI is InChI=1S/C15H9N3O5/c16-13(19)12-10(6-3-7-11(12)18(22)23)17-14(20)8-4-1-2-5-9(8)15(17)21/h1-7H,(H2,16,19). The van der Waals surface area contributed by atoms with Crippen molar-refractivity contribution in [1.29, 1.82) is 0 Å². The molecule has 8 heteroatoms. The Morgan fingerprint density at radius 1 is 1.00 bits per heavy atom. The third-order valence-electron chi connectivity index (χ3n) is 3.50. The number of imide groups is 1. The molecule has 0 saturated heterocycles. The molecule has 0 radical (unpaired) electrons. The van der Waals surface area contributed by atoms with Crippen LogP contribution in [0.5, 0.6) is 0 Å². The van der Waals surface area contributed by atoms with E-state index in [9.17, 15) is 24.5 Å². The average molecular weight is 311 g/mol. The Morgan fingerprint density at radius 3 is 2.04 bits per heavy atom. The molecular formula is C15H9N3O5. The SMILES string of the molecule is NC(=O)c1c(N2C(=O)c3ccccc3C2=O)cccc1[N+](=O)[O-]. The molecule has 3 rings (SSSR count). The highest BCUT2D eigenvalue weighted by atomic mass is 16.6. The number of primary amides is 1. The monoisotopic (exact) mass is 311 g/mol. The van der Waals surface area contributed by atoms with Crippen LogP contribution in [0.2, 0.25) is 0 Å². The number of nitro groups is 1. The van der Waals surface area contributed by atoms with Crippen LogP contribution in [0.1, 0.15) is 31.1 Å². The molecule has 0 bridgehead atoms. The van der Waals surface area contributed by atoms with E-state index in [0.717, 1.165) is 11.0 Å². The molecule has 3 amide bonds. The van der Waals surface area contributed by atoms with Crippen molar-refractivity contribution in [1.82, 2.24) is 0 Å². The molecule has 1 aliphatic heterocycles. The fraction of sp³-hybridized carbons (Fsp3) is 0. The molecule has 1 heterocycles. The Morgan fingerprint density at radius 2 is 1.57 bits per heavy atom. The van der Waals surface area contributed by atoms with E-state index in [4.69, 9.17) is 5.73 Å². The number of hydrogen-bond acceptors (Lipinski definition) is 5. The summed E-state index contributed by atoms with van der Waals surface area (Å²) in [6.45, 7) is 0. The molecule has 0 aromatic heterocycles. The quantitative estimate of drug-likeness (QED) is 0.522. The predicted octanol–water partition coefficient (Wildman–Crippen LogP) is 1.49. The van der Waals surface area contributed by atoms with Crippen LogP contribution < -0.4 is 10.6 Å². The number of carbonyl (C=O) groups excluding carboxylic acids is 3. The van der Waals surface area contributed by atoms with Gasteiger partial charge < -0.3 is 5.73 Å². The van der Waals surface area contributed by atoms with Gasteiger partial charge in [0.2, 0.25) is 0 Å². The molecule has 0 atom stereocenters. The van der Waals surface area contributed by atoms with Crippen molar-refractivity contribution in [2.45, 2.75) is 0 Å². The van der Waals surface area contributed by atoms with Crippen molar-refractivity contribution in [2.24, 2.45) is 5.73 Å². The fourth-order valence-corrected chi connectivity index (χ4v) is 2.53. The molecule has 0 saturated carbocycles. The van der Waals surface area contributed by atoms with E-state index in [2.05, 4.69) is 0 Å². The van der Waals surface area contributed by atoms with E-state index < -0.39 is 33.9 Å². The zero-order valence-electron chi connectivity index (χ0n) is 11.6. The maximum absolute atomic E-state index is 12.4. The first-order valence-electron chi connectivity index (χ1n) is 6.48. The minimum atomic E-state index is -1.09. The summed E-state index contributed by atoms with van der Waals surface area (Å²) in [7, 11) is 0. The topological polar surface area (TPSA) is 124 Å². The number of rotatable bonds is 3.